The van der Waals surface area contributed by atoms with Crippen LogP contribution in [-0.2, 0) is 4.79 Å². The number of benzene rings is 1. The number of nitrogens with zero attached hydrogens (tertiary/aromatic N) is 1. The molecule has 3 amide bonds. The minimum absolute atomic E-state index is 0.239. The van der Waals surface area contributed by atoms with Gasteiger partial charge in [-0.25, -0.2) is 4.79 Å². The summed E-state index contributed by atoms with van der Waals surface area (Å²) in [5.41, 5.74) is 1.92. The van der Waals surface area contributed by atoms with Crippen LogP contribution in [-0.4, -0.2) is 29.9 Å². The molecule has 120 valence electrons. The molecule has 1 aromatic heterocycles. The van der Waals surface area contributed by atoms with E-state index in [1.807, 2.05) is 18.2 Å². The van der Waals surface area contributed by atoms with E-state index < -0.39 is 6.03 Å². The van der Waals surface area contributed by atoms with E-state index in [-0.39, 0.29) is 18.5 Å². The summed E-state index contributed by atoms with van der Waals surface area (Å²) in [5.74, 6) is -0.277. The average molecular weight is 329 g/mol. The van der Waals surface area contributed by atoms with Gasteiger partial charge in [0.2, 0.25) is 5.91 Å². The van der Waals surface area contributed by atoms with E-state index in [0.717, 1.165) is 19.4 Å². The SMILES string of the molecule is O=C(CN1CCC[C@H]1c1ccsc1)NC(=O)Nc1ccccc1. The summed E-state index contributed by atoms with van der Waals surface area (Å²) in [7, 11) is 0. The van der Waals surface area contributed by atoms with Crippen molar-refractivity contribution in [2.75, 3.05) is 18.4 Å². The fraction of sp³-hybridized carbons (Fsp3) is 0.294. The van der Waals surface area contributed by atoms with Gasteiger partial charge in [-0.05, 0) is 53.9 Å². The molecule has 1 saturated heterocycles. The van der Waals surface area contributed by atoms with Gasteiger partial charge in [0, 0.05) is 11.7 Å². The highest BCUT2D eigenvalue weighted by atomic mass is 32.1. The molecule has 2 N–H and O–H groups in total. The van der Waals surface area contributed by atoms with Gasteiger partial charge in [-0.2, -0.15) is 11.3 Å². The lowest BCUT2D eigenvalue weighted by Crippen LogP contribution is -2.41. The molecule has 2 heterocycles. The maximum atomic E-state index is 12.1. The van der Waals surface area contributed by atoms with Crippen LogP contribution < -0.4 is 10.6 Å². The summed E-state index contributed by atoms with van der Waals surface area (Å²) in [6, 6.07) is 11.0. The zero-order chi connectivity index (χ0) is 16.1. The van der Waals surface area contributed by atoms with E-state index in [1.165, 1.54) is 5.56 Å². The van der Waals surface area contributed by atoms with Gasteiger partial charge >= 0.3 is 6.03 Å². The molecule has 0 bridgehead atoms. The second-order valence-corrected chi connectivity index (χ2v) is 6.33. The van der Waals surface area contributed by atoms with Crippen molar-refractivity contribution < 1.29 is 9.59 Å². The van der Waals surface area contributed by atoms with Gasteiger partial charge < -0.3 is 5.32 Å². The number of para-hydroxylation sites is 1. The van der Waals surface area contributed by atoms with E-state index in [4.69, 9.17) is 0 Å². The van der Waals surface area contributed by atoms with Gasteiger partial charge in [-0.15, -0.1) is 0 Å². The van der Waals surface area contributed by atoms with Crippen LogP contribution in [0.15, 0.2) is 47.2 Å². The largest absolute Gasteiger partial charge is 0.325 e. The number of likely N-dealkylation sites (tertiary alicyclic amines) is 1. The highest BCUT2D eigenvalue weighted by Gasteiger charge is 2.28. The molecule has 0 radical (unpaired) electrons. The lowest BCUT2D eigenvalue weighted by molar-refractivity contribution is -0.121. The number of thiophene rings is 1. The van der Waals surface area contributed by atoms with Crippen LogP contribution in [0.1, 0.15) is 24.4 Å². The number of carbonyl (C=O) groups is 2. The fourth-order valence-electron chi connectivity index (χ4n) is 2.89. The summed E-state index contributed by atoms with van der Waals surface area (Å²) in [6.45, 7) is 1.12. The molecule has 1 fully saturated rings. The topological polar surface area (TPSA) is 61.4 Å². The van der Waals surface area contributed by atoms with Crippen molar-refractivity contribution in [3.8, 4) is 0 Å². The number of urea groups is 1. The van der Waals surface area contributed by atoms with Crippen LogP contribution in [0, 0.1) is 0 Å². The molecular formula is C17H19N3O2S. The molecule has 5 nitrogen and oxygen atoms in total. The quantitative estimate of drug-likeness (QED) is 0.905. The normalized spacial score (nSPS) is 17.8. The third-order valence-corrected chi connectivity index (χ3v) is 4.62. The van der Waals surface area contributed by atoms with E-state index in [1.54, 1.807) is 23.5 Å². The molecular weight excluding hydrogens is 310 g/mol. The van der Waals surface area contributed by atoms with Crippen molar-refractivity contribution in [2.24, 2.45) is 0 Å². The lowest BCUT2D eigenvalue weighted by atomic mass is 10.1. The van der Waals surface area contributed by atoms with Gasteiger partial charge in [-0.1, -0.05) is 18.2 Å². The van der Waals surface area contributed by atoms with Crippen molar-refractivity contribution in [1.29, 1.82) is 0 Å². The van der Waals surface area contributed by atoms with Crippen LogP contribution in [0.25, 0.3) is 0 Å². The molecule has 1 aromatic carbocycles. The first-order valence-electron chi connectivity index (χ1n) is 7.64. The average Bonchev–Trinajstić information content (AvgIpc) is 3.18. The number of nitrogens with one attached hydrogen (secondary N) is 2. The van der Waals surface area contributed by atoms with Crippen LogP contribution in [0.2, 0.25) is 0 Å². The summed E-state index contributed by atoms with van der Waals surface area (Å²) in [4.78, 5) is 26.1. The maximum absolute atomic E-state index is 12.1. The molecule has 0 aliphatic carbocycles. The first kappa shape index (κ1) is 15.7. The Hall–Kier alpha value is -2.18. The van der Waals surface area contributed by atoms with Crippen LogP contribution in [0.5, 0.6) is 0 Å². The molecule has 0 spiro atoms. The molecule has 0 saturated carbocycles. The molecule has 1 aliphatic rings. The third-order valence-electron chi connectivity index (χ3n) is 3.92. The Labute approximate surface area is 139 Å². The molecule has 6 heteroatoms. The predicted molar refractivity (Wildman–Crippen MR) is 91.5 cm³/mol. The number of amides is 3. The summed E-state index contributed by atoms with van der Waals surface area (Å²) < 4.78 is 0. The first-order valence-corrected chi connectivity index (χ1v) is 8.58. The van der Waals surface area contributed by atoms with E-state index >= 15 is 0 Å². The van der Waals surface area contributed by atoms with Crippen molar-refractivity contribution in [2.45, 2.75) is 18.9 Å². The number of imide groups is 1. The van der Waals surface area contributed by atoms with E-state index in [9.17, 15) is 9.59 Å². The monoisotopic (exact) mass is 329 g/mol. The highest BCUT2D eigenvalue weighted by Crippen LogP contribution is 2.32. The zero-order valence-electron chi connectivity index (χ0n) is 12.7. The first-order chi connectivity index (χ1) is 11.2. The Morgan fingerprint density at radius 3 is 2.78 bits per heavy atom. The number of anilines is 1. The smallest absolute Gasteiger partial charge is 0.308 e. The van der Waals surface area contributed by atoms with Crippen molar-refractivity contribution >= 4 is 29.0 Å². The summed E-state index contributed by atoms with van der Waals surface area (Å²) >= 11 is 1.67. The standard InChI is InChI=1S/C17H19N3O2S/c21-16(19-17(22)18-14-5-2-1-3-6-14)11-20-9-4-7-15(20)13-8-10-23-12-13/h1-3,5-6,8,10,12,15H,4,7,9,11H2,(H2,18,19,21,22)/t15-/m0/s1. The van der Waals surface area contributed by atoms with Crippen LogP contribution in [0.4, 0.5) is 10.5 Å². The Kier molecular flexibility index (Phi) is 5.05. The minimum Gasteiger partial charge on any atom is -0.308 e. The molecule has 0 unspecified atom stereocenters. The number of hydrogen-bond acceptors (Lipinski definition) is 4. The van der Waals surface area contributed by atoms with Gasteiger partial charge in [0.1, 0.15) is 0 Å². The van der Waals surface area contributed by atoms with Gasteiger partial charge in [0.25, 0.3) is 0 Å². The second kappa shape index (κ2) is 7.39. The molecule has 1 atom stereocenters. The van der Waals surface area contributed by atoms with Crippen LogP contribution >= 0.6 is 11.3 Å². The second-order valence-electron chi connectivity index (χ2n) is 5.55. The molecule has 2 aromatic rings. The lowest BCUT2D eigenvalue weighted by Gasteiger charge is -2.23. The maximum Gasteiger partial charge on any atom is 0.325 e. The van der Waals surface area contributed by atoms with Gasteiger partial charge in [-0.3, -0.25) is 15.0 Å². The zero-order valence-corrected chi connectivity index (χ0v) is 13.5. The van der Waals surface area contributed by atoms with Gasteiger partial charge in [0.15, 0.2) is 0 Å². The van der Waals surface area contributed by atoms with Gasteiger partial charge in [0.05, 0.1) is 6.54 Å². The summed E-state index contributed by atoms with van der Waals surface area (Å²) in [6.07, 6.45) is 2.13. The van der Waals surface area contributed by atoms with E-state index in [0.29, 0.717) is 5.69 Å². The third kappa shape index (κ3) is 4.18. The van der Waals surface area contributed by atoms with Crippen molar-refractivity contribution in [3.05, 3.63) is 52.7 Å². The Morgan fingerprint density at radius 2 is 2.04 bits per heavy atom. The minimum atomic E-state index is -0.493. The van der Waals surface area contributed by atoms with Crippen molar-refractivity contribution in [1.82, 2.24) is 10.2 Å². The van der Waals surface area contributed by atoms with Crippen LogP contribution in [0.3, 0.4) is 0 Å². The Bertz CT molecular complexity index is 658. The van der Waals surface area contributed by atoms with Crippen molar-refractivity contribution in [3.63, 3.8) is 0 Å². The number of rotatable bonds is 4. The number of hydrogen-bond donors (Lipinski definition) is 2. The molecule has 23 heavy (non-hydrogen) atoms. The Balaban J connectivity index is 1.52. The molecule has 1 aliphatic heterocycles. The predicted octanol–water partition coefficient (Wildman–Crippen LogP) is 3.23. The van der Waals surface area contributed by atoms with E-state index in [2.05, 4.69) is 32.4 Å². The highest BCUT2D eigenvalue weighted by molar-refractivity contribution is 7.07. The fourth-order valence-corrected chi connectivity index (χ4v) is 3.60. The summed E-state index contributed by atoms with van der Waals surface area (Å²) in [5, 5.41) is 9.22. The number of carbonyl (C=O) groups excluding carboxylic acids is 2. The Morgan fingerprint density at radius 1 is 1.22 bits per heavy atom. The molecule has 3 rings (SSSR count).